The predicted molar refractivity (Wildman–Crippen MR) is 65.8 cm³/mol. The van der Waals surface area contributed by atoms with Crippen LogP contribution in [-0.4, -0.2) is 0 Å². The number of benzene rings is 1. The van der Waals surface area contributed by atoms with Crippen molar-refractivity contribution in [2.24, 2.45) is 0 Å². The standard InChI is InChI=1S/C15H14O2/c1-2-7-15-8-5-12(17-15)11-4-3-10-6-9-16-14(10)13(11)15/h3-6,8-9,12H,2,7H2,1H3. The summed E-state index contributed by atoms with van der Waals surface area (Å²) in [5.41, 5.74) is 3.31. The number of hydrogen-bond donors (Lipinski definition) is 0. The summed E-state index contributed by atoms with van der Waals surface area (Å²) in [6.45, 7) is 2.19. The molecule has 4 rings (SSSR count). The molecule has 2 atom stereocenters. The van der Waals surface area contributed by atoms with Gasteiger partial charge in [0.25, 0.3) is 0 Å². The Hall–Kier alpha value is -1.54. The fourth-order valence-corrected chi connectivity index (χ4v) is 3.22. The van der Waals surface area contributed by atoms with E-state index >= 15 is 0 Å². The Kier molecular flexibility index (Phi) is 1.68. The molecule has 2 unspecified atom stereocenters. The van der Waals surface area contributed by atoms with Crippen molar-refractivity contribution in [3.63, 3.8) is 0 Å². The Labute approximate surface area is 99.9 Å². The van der Waals surface area contributed by atoms with Gasteiger partial charge in [0.1, 0.15) is 17.3 Å². The first kappa shape index (κ1) is 9.49. The van der Waals surface area contributed by atoms with Gasteiger partial charge in [0.2, 0.25) is 0 Å². The summed E-state index contributed by atoms with van der Waals surface area (Å²) in [6.07, 6.45) is 8.41. The Bertz CT molecular complexity index is 623. The molecule has 3 heterocycles. The molecule has 0 saturated carbocycles. The lowest BCUT2D eigenvalue weighted by molar-refractivity contribution is -0.00874. The van der Waals surface area contributed by atoms with E-state index in [-0.39, 0.29) is 11.7 Å². The molecule has 2 bridgehead atoms. The van der Waals surface area contributed by atoms with Gasteiger partial charge in [0, 0.05) is 10.9 Å². The SMILES string of the molecule is CCCC12C=CC(O1)c1ccc3ccoc3c12. The number of rotatable bonds is 2. The quantitative estimate of drug-likeness (QED) is 0.720. The van der Waals surface area contributed by atoms with Crippen LogP contribution in [0.2, 0.25) is 0 Å². The number of hydrogen-bond acceptors (Lipinski definition) is 2. The third-order valence-corrected chi connectivity index (χ3v) is 3.88. The van der Waals surface area contributed by atoms with Crippen LogP contribution in [0.25, 0.3) is 11.0 Å². The molecule has 0 radical (unpaired) electrons. The topological polar surface area (TPSA) is 22.4 Å². The van der Waals surface area contributed by atoms with E-state index in [1.54, 1.807) is 6.26 Å². The van der Waals surface area contributed by atoms with Crippen LogP contribution in [0.3, 0.4) is 0 Å². The minimum atomic E-state index is -0.230. The van der Waals surface area contributed by atoms with Crippen LogP contribution in [-0.2, 0) is 10.3 Å². The van der Waals surface area contributed by atoms with E-state index in [4.69, 9.17) is 9.15 Å². The first-order valence-electron chi connectivity index (χ1n) is 6.22. The van der Waals surface area contributed by atoms with E-state index in [2.05, 4.69) is 31.2 Å². The van der Waals surface area contributed by atoms with Crippen LogP contribution in [0.15, 0.2) is 41.0 Å². The average molecular weight is 226 g/mol. The predicted octanol–water partition coefficient (Wildman–Crippen LogP) is 4.07. The van der Waals surface area contributed by atoms with Crippen LogP contribution in [0.5, 0.6) is 0 Å². The van der Waals surface area contributed by atoms with Gasteiger partial charge in [-0.3, -0.25) is 0 Å². The number of furan rings is 1. The molecule has 86 valence electrons. The van der Waals surface area contributed by atoms with Crippen LogP contribution in [0, 0.1) is 0 Å². The number of ether oxygens (including phenoxy) is 1. The van der Waals surface area contributed by atoms with Crippen molar-refractivity contribution in [2.75, 3.05) is 0 Å². The summed E-state index contributed by atoms with van der Waals surface area (Å²) in [4.78, 5) is 0. The molecule has 0 fully saturated rings. The zero-order valence-electron chi connectivity index (χ0n) is 9.77. The van der Waals surface area contributed by atoms with Crippen LogP contribution in [0.1, 0.15) is 37.0 Å². The van der Waals surface area contributed by atoms with Crippen LogP contribution in [0.4, 0.5) is 0 Å². The summed E-state index contributed by atoms with van der Waals surface area (Å²) in [7, 11) is 0. The Morgan fingerprint density at radius 1 is 1.29 bits per heavy atom. The smallest absolute Gasteiger partial charge is 0.140 e. The van der Waals surface area contributed by atoms with E-state index in [1.165, 1.54) is 16.5 Å². The van der Waals surface area contributed by atoms with E-state index in [1.807, 2.05) is 6.07 Å². The van der Waals surface area contributed by atoms with Crippen molar-refractivity contribution in [3.8, 4) is 0 Å². The van der Waals surface area contributed by atoms with Crippen LogP contribution >= 0.6 is 0 Å². The third kappa shape index (κ3) is 1.04. The van der Waals surface area contributed by atoms with E-state index in [0.717, 1.165) is 18.4 Å². The van der Waals surface area contributed by atoms with Gasteiger partial charge in [-0.1, -0.05) is 31.6 Å². The van der Waals surface area contributed by atoms with Gasteiger partial charge < -0.3 is 9.15 Å². The highest BCUT2D eigenvalue weighted by Gasteiger charge is 2.47. The normalized spacial score (nSPS) is 29.1. The lowest BCUT2D eigenvalue weighted by Gasteiger charge is -2.23. The van der Waals surface area contributed by atoms with Crippen molar-refractivity contribution in [3.05, 3.63) is 47.7 Å². The molecule has 17 heavy (non-hydrogen) atoms. The molecule has 0 spiro atoms. The van der Waals surface area contributed by atoms with Crippen molar-refractivity contribution in [1.29, 1.82) is 0 Å². The molecule has 2 heteroatoms. The molecule has 0 aliphatic carbocycles. The first-order chi connectivity index (χ1) is 8.34. The molecule has 0 amide bonds. The second kappa shape index (κ2) is 3.02. The first-order valence-corrected chi connectivity index (χ1v) is 6.22. The van der Waals surface area contributed by atoms with E-state index in [9.17, 15) is 0 Å². The molecule has 2 aliphatic rings. The molecule has 2 aliphatic heterocycles. The Balaban J connectivity index is 2.05. The highest BCUT2D eigenvalue weighted by molar-refractivity contribution is 5.84. The lowest BCUT2D eigenvalue weighted by atomic mass is 9.83. The van der Waals surface area contributed by atoms with Gasteiger partial charge in [0.15, 0.2) is 0 Å². The minimum absolute atomic E-state index is 0.131. The highest BCUT2D eigenvalue weighted by Crippen LogP contribution is 2.54. The third-order valence-electron chi connectivity index (χ3n) is 3.88. The molecular weight excluding hydrogens is 212 g/mol. The maximum absolute atomic E-state index is 6.18. The largest absolute Gasteiger partial charge is 0.464 e. The summed E-state index contributed by atoms with van der Waals surface area (Å²) in [6, 6.07) is 6.32. The van der Waals surface area contributed by atoms with Gasteiger partial charge in [-0.25, -0.2) is 0 Å². The van der Waals surface area contributed by atoms with Gasteiger partial charge >= 0.3 is 0 Å². The molecule has 2 nitrogen and oxygen atoms in total. The van der Waals surface area contributed by atoms with Crippen molar-refractivity contribution >= 4 is 11.0 Å². The van der Waals surface area contributed by atoms with Gasteiger partial charge in [-0.15, -0.1) is 0 Å². The van der Waals surface area contributed by atoms with Gasteiger partial charge in [0.05, 0.1) is 6.26 Å². The minimum Gasteiger partial charge on any atom is -0.464 e. The molecular formula is C15H14O2. The molecule has 1 aromatic carbocycles. The summed E-state index contributed by atoms with van der Waals surface area (Å²) >= 11 is 0. The van der Waals surface area contributed by atoms with Crippen molar-refractivity contribution in [2.45, 2.75) is 31.5 Å². The zero-order chi connectivity index (χ0) is 11.5. The van der Waals surface area contributed by atoms with E-state index < -0.39 is 0 Å². The van der Waals surface area contributed by atoms with Gasteiger partial charge in [-0.2, -0.15) is 0 Å². The average Bonchev–Trinajstić information content (AvgIpc) is 3.00. The zero-order valence-corrected chi connectivity index (χ0v) is 9.77. The number of fused-ring (bicyclic) bond motifs is 7. The van der Waals surface area contributed by atoms with Gasteiger partial charge in [-0.05, 0) is 24.1 Å². The molecule has 1 aromatic heterocycles. The molecule has 0 saturated heterocycles. The molecule has 2 aromatic rings. The summed E-state index contributed by atoms with van der Waals surface area (Å²) < 4.78 is 11.8. The second-order valence-corrected chi connectivity index (χ2v) is 4.91. The lowest BCUT2D eigenvalue weighted by Crippen LogP contribution is -2.20. The highest BCUT2D eigenvalue weighted by atomic mass is 16.5. The van der Waals surface area contributed by atoms with E-state index in [0.29, 0.717) is 0 Å². The van der Waals surface area contributed by atoms with Crippen molar-refractivity contribution < 1.29 is 9.15 Å². The fourth-order valence-electron chi connectivity index (χ4n) is 3.22. The summed E-state index contributed by atoms with van der Waals surface area (Å²) in [5, 5.41) is 1.17. The monoisotopic (exact) mass is 226 g/mol. The maximum Gasteiger partial charge on any atom is 0.140 e. The Morgan fingerprint density at radius 3 is 3.12 bits per heavy atom. The molecule has 0 N–H and O–H groups in total. The summed E-state index contributed by atoms with van der Waals surface area (Å²) in [5.74, 6) is 0. The Morgan fingerprint density at radius 2 is 2.24 bits per heavy atom. The van der Waals surface area contributed by atoms with Crippen molar-refractivity contribution in [1.82, 2.24) is 0 Å². The second-order valence-electron chi connectivity index (χ2n) is 4.91. The fraction of sp³-hybridized carbons (Fsp3) is 0.333. The maximum atomic E-state index is 6.18. The van der Waals surface area contributed by atoms with Crippen LogP contribution < -0.4 is 0 Å².